The second-order valence-corrected chi connectivity index (χ2v) is 7.97. The van der Waals surface area contributed by atoms with Crippen molar-refractivity contribution in [1.82, 2.24) is 4.90 Å². The molecule has 1 aliphatic heterocycles. The van der Waals surface area contributed by atoms with Crippen LogP contribution in [-0.2, 0) is 4.79 Å². The van der Waals surface area contributed by atoms with E-state index in [-0.39, 0.29) is 11.6 Å². The van der Waals surface area contributed by atoms with Gasteiger partial charge in [-0.3, -0.25) is 19.8 Å². The van der Waals surface area contributed by atoms with E-state index in [0.29, 0.717) is 13.1 Å². The molecule has 1 amide bonds. The minimum Gasteiger partial charge on any atom is -0.369 e. The summed E-state index contributed by atoms with van der Waals surface area (Å²) in [5.74, 6) is -0.0520. The smallest absolute Gasteiger partial charge is 0.269 e. The maximum Gasteiger partial charge on any atom is 0.269 e. The fraction of sp³-hybridized carbons (Fsp3) is 0.240. The third-order valence-electron chi connectivity index (χ3n) is 5.79. The standard InChI is InChI=1S/C25H26N4O3/c1-19-7-9-21(10-8-19)26-25(30)24(20-5-3-2-4-6-20)28-17-15-27(16-18-28)22-11-13-23(14-12-22)29(31)32/h2-14,24H,15-18H2,1H3,(H,26,30). The van der Waals surface area contributed by atoms with Gasteiger partial charge in [-0.15, -0.1) is 0 Å². The molecule has 0 saturated carbocycles. The first kappa shape index (κ1) is 21.5. The van der Waals surface area contributed by atoms with E-state index in [1.165, 1.54) is 12.1 Å². The molecule has 4 rings (SSSR count). The van der Waals surface area contributed by atoms with Crippen LogP contribution in [0.3, 0.4) is 0 Å². The fourth-order valence-corrected chi connectivity index (χ4v) is 4.03. The SMILES string of the molecule is Cc1ccc(NC(=O)C(c2ccccc2)N2CCN(c3ccc([N+](=O)[O-])cc3)CC2)cc1. The molecule has 0 radical (unpaired) electrons. The Hall–Kier alpha value is -3.71. The van der Waals surface area contributed by atoms with Crippen LogP contribution in [0.25, 0.3) is 0 Å². The van der Waals surface area contributed by atoms with Crippen molar-refractivity contribution in [2.45, 2.75) is 13.0 Å². The molecule has 7 nitrogen and oxygen atoms in total. The van der Waals surface area contributed by atoms with Gasteiger partial charge in [0.25, 0.3) is 5.69 Å². The maximum atomic E-state index is 13.3. The van der Waals surface area contributed by atoms with Crippen molar-refractivity contribution >= 4 is 23.0 Å². The van der Waals surface area contributed by atoms with Gasteiger partial charge in [-0.1, -0.05) is 48.0 Å². The number of hydrogen-bond donors (Lipinski definition) is 1. The molecule has 1 N–H and O–H groups in total. The highest BCUT2D eigenvalue weighted by Gasteiger charge is 2.30. The lowest BCUT2D eigenvalue weighted by Crippen LogP contribution is -2.50. The Kier molecular flexibility index (Phi) is 6.47. The summed E-state index contributed by atoms with van der Waals surface area (Å²) in [4.78, 5) is 28.2. The first-order chi connectivity index (χ1) is 15.5. The molecule has 32 heavy (non-hydrogen) atoms. The molecule has 164 valence electrons. The number of amides is 1. The third-order valence-corrected chi connectivity index (χ3v) is 5.79. The molecule has 0 spiro atoms. The fourth-order valence-electron chi connectivity index (χ4n) is 4.03. The number of anilines is 2. The normalized spacial score (nSPS) is 15.2. The lowest BCUT2D eigenvalue weighted by atomic mass is 10.0. The molecule has 0 aliphatic carbocycles. The van der Waals surface area contributed by atoms with Crippen LogP contribution in [0.4, 0.5) is 17.1 Å². The number of benzene rings is 3. The lowest BCUT2D eigenvalue weighted by Gasteiger charge is -2.39. The van der Waals surface area contributed by atoms with Crippen LogP contribution < -0.4 is 10.2 Å². The Labute approximate surface area is 187 Å². The summed E-state index contributed by atoms with van der Waals surface area (Å²) >= 11 is 0. The molecule has 1 unspecified atom stereocenters. The number of aryl methyl sites for hydroxylation is 1. The van der Waals surface area contributed by atoms with Crippen molar-refractivity contribution < 1.29 is 9.72 Å². The summed E-state index contributed by atoms with van der Waals surface area (Å²) in [5, 5.41) is 14.0. The maximum absolute atomic E-state index is 13.3. The van der Waals surface area contributed by atoms with Gasteiger partial charge in [0.2, 0.25) is 5.91 Å². The highest BCUT2D eigenvalue weighted by Crippen LogP contribution is 2.27. The molecule has 3 aromatic carbocycles. The Morgan fingerprint density at radius 3 is 2.12 bits per heavy atom. The van der Waals surface area contributed by atoms with E-state index >= 15 is 0 Å². The molecular weight excluding hydrogens is 404 g/mol. The van der Waals surface area contributed by atoms with Crippen molar-refractivity contribution in [3.63, 3.8) is 0 Å². The van der Waals surface area contributed by atoms with Gasteiger partial charge in [-0.25, -0.2) is 0 Å². The molecule has 1 aliphatic rings. The summed E-state index contributed by atoms with van der Waals surface area (Å²) in [6.45, 7) is 4.90. The van der Waals surface area contributed by atoms with E-state index in [2.05, 4.69) is 15.1 Å². The zero-order valence-electron chi connectivity index (χ0n) is 18.0. The second-order valence-electron chi connectivity index (χ2n) is 7.97. The van der Waals surface area contributed by atoms with Crippen LogP contribution in [0.2, 0.25) is 0 Å². The first-order valence-electron chi connectivity index (χ1n) is 10.7. The summed E-state index contributed by atoms with van der Waals surface area (Å²) in [6, 6.07) is 23.9. The second kappa shape index (κ2) is 9.62. The van der Waals surface area contributed by atoms with E-state index < -0.39 is 11.0 Å². The summed E-state index contributed by atoms with van der Waals surface area (Å²) < 4.78 is 0. The summed E-state index contributed by atoms with van der Waals surface area (Å²) in [6.07, 6.45) is 0. The number of carbonyl (C=O) groups excluding carboxylic acids is 1. The number of nitrogens with zero attached hydrogens (tertiary/aromatic N) is 3. The van der Waals surface area contributed by atoms with Crippen LogP contribution in [0.1, 0.15) is 17.2 Å². The van der Waals surface area contributed by atoms with Gasteiger partial charge in [-0.05, 0) is 36.8 Å². The molecule has 0 aromatic heterocycles. The van der Waals surface area contributed by atoms with Gasteiger partial charge in [0.15, 0.2) is 0 Å². The minimum absolute atomic E-state index is 0.0520. The van der Waals surface area contributed by atoms with Crippen LogP contribution in [0, 0.1) is 17.0 Å². The van der Waals surface area contributed by atoms with Crippen molar-refractivity contribution in [2.75, 3.05) is 36.4 Å². The molecule has 1 fully saturated rings. The number of hydrogen-bond acceptors (Lipinski definition) is 5. The van der Waals surface area contributed by atoms with Crippen molar-refractivity contribution in [3.05, 3.63) is 100 Å². The van der Waals surface area contributed by atoms with Crippen LogP contribution in [0.5, 0.6) is 0 Å². The Morgan fingerprint density at radius 1 is 0.906 bits per heavy atom. The quantitative estimate of drug-likeness (QED) is 0.463. The van der Waals surface area contributed by atoms with Crippen LogP contribution in [-0.4, -0.2) is 41.9 Å². The van der Waals surface area contributed by atoms with E-state index in [4.69, 9.17) is 0 Å². The Morgan fingerprint density at radius 2 is 1.53 bits per heavy atom. The van der Waals surface area contributed by atoms with Gasteiger partial charge in [0.1, 0.15) is 6.04 Å². The predicted octanol–water partition coefficient (Wildman–Crippen LogP) is 4.41. The number of non-ortho nitro benzene ring substituents is 1. The molecule has 0 bridgehead atoms. The zero-order chi connectivity index (χ0) is 22.5. The Bertz CT molecular complexity index is 1060. The Balaban J connectivity index is 1.48. The van der Waals surface area contributed by atoms with Gasteiger partial charge in [-0.2, -0.15) is 0 Å². The van der Waals surface area contributed by atoms with Gasteiger partial charge in [0.05, 0.1) is 4.92 Å². The first-order valence-corrected chi connectivity index (χ1v) is 10.7. The number of rotatable bonds is 6. The number of piperazine rings is 1. The average molecular weight is 431 g/mol. The highest BCUT2D eigenvalue weighted by atomic mass is 16.6. The minimum atomic E-state index is -0.392. The number of nitro groups is 1. The van der Waals surface area contributed by atoms with Gasteiger partial charge < -0.3 is 10.2 Å². The molecule has 1 atom stereocenters. The van der Waals surface area contributed by atoms with Gasteiger partial charge in [0, 0.05) is 49.7 Å². The molecule has 3 aromatic rings. The van der Waals surface area contributed by atoms with Gasteiger partial charge >= 0.3 is 0 Å². The number of carbonyl (C=O) groups is 1. The third kappa shape index (κ3) is 4.95. The van der Waals surface area contributed by atoms with Crippen LogP contribution >= 0.6 is 0 Å². The summed E-state index contributed by atoms with van der Waals surface area (Å²) in [5.41, 5.74) is 3.93. The monoisotopic (exact) mass is 430 g/mol. The van der Waals surface area contributed by atoms with E-state index in [0.717, 1.165) is 35.6 Å². The molecule has 1 saturated heterocycles. The summed E-state index contributed by atoms with van der Waals surface area (Å²) in [7, 11) is 0. The molecular formula is C25H26N4O3. The van der Waals surface area contributed by atoms with E-state index in [1.807, 2.05) is 61.5 Å². The van der Waals surface area contributed by atoms with Crippen molar-refractivity contribution in [2.24, 2.45) is 0 Å². The van der Waals surface area contributed by atoms with E-state index in [1.54, 1.807) is 12.1 Å². The van der Waals surface area contributed by atoms with Crippen molar-refractivity contribution in [3.8, 4) is 0 Å². The zero-order valence-corrected chi connectivity index (χ0v) is 18.0. The molecule has 7 heteroatoms. The number of nitro benzene ring substituents is 1. The highest BCUT2D eigenvalue weighted by molar-refractivity contribution is 5.95. The average Bonchev–Trinajstić information content (AvgIpc) is 2.82. The topological polar surface area (TPSA) is 78.7 Å². The van der Waals surface area contributed by atoms with E-state index in [9.17, 15) is 14.9 Å². The predicted molar refractivity (Wildman–Crippen MR) is 126 cm³/mol. The van der Waals surface area contributed by atoms with Crippen molar-refractivity contribution in [1.29, 1.82) is 0 Å². The largest absolute Gasteiger partial charge is 0.369 e. The molecule has 1 heterocycles. The lowest BCUT2D eigenvalue weighted by molar-refractivity contribution is -0.384. The number of nitrogens with one attached hydrogen (secondary N) is 1. The van der Waals surface area contributed by atoms with Crippen LogP contribution in [0.15, 0.2) is 78.9 Å².